The average molecular weight is 185 g/mol. The molecule has 0 saturated carbocycles. The lowest BCUT2D eigenvalue weighted by Gasteiger charge is -2.46. The Kier molecular flexibility index (Phi) is 3.71. The number of piperazine rings is 1. The third-order valence-corrected chi connectivity index (χ3v) is 2.90. The number of likely N-dealkylation sites (N-methyl/N-ethyl adjacent to an activating group) is 1. The van der Waals surface area contributed by atoms with Crippen LogP contribution in [0.2, 0.25) is 0 Å². The molecule has 3 heteroatoms. The van der Waals surface area contributed by atoms with Gasteiger partial charge in [0.2, 0.25) is 0 Å². The second-order valence-corrected chi connectivity index (χ2v) is 4.50. The van der Waals surface area contributed by atoms with Crippen molar-refractivity contribution >= 4 is 0 Å². The molecule has 0 aromatic heterocycles. The lowest BCUT2D eigenvalue weighted by molar-refractivity contribution is 0.0235. The molecule has 3 nitrogen and oxygen atoms in total. The van der Waals surface area contributed by atoms with Crippen LogP contribution in [0.25, 0.3) is 0 Å². The quantitative estimate of drug-likeness (QED) is 0.674. The van der Waals surface area contributed by atoms with Gasteiger partial charge in [-0.15, -0.1) is 0 Å². The molecule has 0 amide bonds. The maximum Gasteiger partial charge on any atom is 0.0351 e. The number of hydrogen-bond acceptors (Lipinski definition) is 3. The van der Waals surface area contributed by atoms with E-state index in [1.807, 2.05) is 0 Å². The summed E-state index contributed by atoms with van der Waals surface area (Å²) in [6, 6.07) is 1.78. The van der Waals surface area contributed by atoms with Gasteiger partial charge in [-0.25, -0.2) is 0 Å². The van der Waals surface area contributed by atoms with Crippen molar-refractivity contribution in [3.8, 4) is 0 Å². The predicted octanol–water partition coefficient (Wildman–Crippen LogP) is 0.358. The van der Waals surface area contributed by atoms with Gasteiger partial charge in [-0.05, 0) is 27.8 Å². The zero-order chi connectivity index (χ0) is 10.0. The summed E-state index contributed by atoms with van der Waals surface area (Å²) in [5, 5.41) is 0. The highest BCUT2D eigenvalue weighted by Crippen LogP contribution is 2.16. The Morgan fingerprint density at radius 1 is 1.38 bits per heavy atom. The van der Waals surface area contributed by atoms with Crippen LogP contribution >= 0.6 is 0 Å². The van der Waals surface area contributed by atoms with Gasteiger partial charge in [0.25, 0.3) is 0 Å². The molecule has 78 valence electrons. The molecule has 1 heterocycles. The van der Waals surface area contributed by atoms with Crippen LogP contribution in [-0.2, 0) is 0 Å². The average Bonchev–Trinajstić information content (AvgIpc) is 2.01. The van der Waals surface area contributed by atoms with Crippen molar-refractivity contribution in [3.05, 3.63) is 0 Å². The SMILES string of the molecule is CC(C)N1C(C)CN(C)CC1CN. The lowest BCUT2D eigenvalue weighted by Crippen LogP contribution is -2.61. The van der Waals surface area contributed by atoms with E-state index in [0.29, 0.717) is 18.1 Å². The van der Waals surface area contributed by atoms with Crippen molar-refractivity contribution in [2.75, 3.05) is 26.7 Å². The zero-order valence-electron chi connectivity index (χ0n) is 9.33. The largest absolute Gasteiger partial charge is 0.329 e. The van der Waals surface area contributed by atoms with E-state index in [4.69, 9.17) is 5.73 Å². The summed E-state index contributed by atoms with van der Waals surface area (Å²) < 4.78 is 0. The molecule has 0 bridgehead atoms. The van der Waals surface area contributed by atoms with Crippen LogP contribution in [0, 0.1) is 0 Å². The van der Waals surface area contributed by atoms with Crippen LogP contribution in [0.1, 0.15) is 20.8 Å². The van der Waals surface area contributed by atoms with Crippen molar-refractivity contribution in [1.82, 2.24) is 9.80 Å². The topological polar surface area (TPSA) is 32.5 Å². The molecule has 0 aromatic rings. The second-order valence-electron chi connectivity index (χ2n) is 4.50. The minimum absolute atomic E-state index is 0.536. The Hall–Kier alpha value is -0.120. The maximum atomic E-state index is 5.79. The van der Waals surface area contributed by atoms with E-state index in [2.05, 4.69) is 37.6 Å². The van der Waals surface area contributed by atoms with Gasteiger partial charge in [0.1, 0.15) is 0 Å². The summed E-state index contributed by atoms with van der Waals surface area (Å²) in [5.41, 5.74) is 5.79. The van der Waals surface area contributed by atoms with Crippen molar-refractivity contribution < 1.29 is 0 Å². The van der Waals surface area contributed by atoms with Crippen LogP contribution < -0.4 is 5.73 Å². The molecule has 1 aliphatic heterocycles. The Balaban J connectivity index is 2.66. The molecule has 2 unspecified atom stereocenters. The fourth-order valence-electron chi connectivity index (χ4n) is 2.56. The van der Waals surface area contributed by atoms with Gasteiger partial charge in [0, 0.05) is 37.8 Å². The van der Waals surface area contributed by atoms with Gasteiger partial charge >= 0.3 is 0 Å². The first-order valence-corrected chi connectivity index (χ1v) is 5.22. The number of nitrogens with two attached hydrogens (primary N) is 1. The highest BCUT2D eigenvalue weighted by molar-refractivity contribution is 4.88. The van der Waals surface area contributed by atoms with Gasteiger partial charge in [-0.2, -0.15) is 0 Å². The Labute approximate surface area is 81.9 Å². The van der Waals surface area contributed by atoms with Crippen LogP contribution in [0.4, 0.5) is 0 Å². The van der Waals surface area contributed by atoms with E-state index in [1.54, 1.807) is 0 Å². The highest BCUT2D eigenvalue weighted by atomic mass is 15.3. The third kappa shape index (κ3) is 2.42. The summed E-state index contributed by atoms with van der Waals surface area (Å²) in [4.78, 5) is 4.92. The fraction of sp³-hybridized carbons (Fsp3) is 1.00. The van der Waals surface area contributed by atoms with Gasteiger partial charge in [0.05, 0.1) is 0 Å². The van der Waals surface area contributed by atoms with Crippen molar-refractivity contribution in [3.63, 3.8) is 0 Å². The van der Waals surface area contributed by atoms with Crippen molar-refractivity contribution in [2.24, 2.45) is 5.73 Å². The molecule has 1 rings (SSSR count). The molecule has 2 atom stereocenters. The Morgan fingerprint density at radius 2 is 2.00 bits per heavy atom. The van der Waals surface area contributed by atoms with Gasteiger partial charge < -0.3 is 10.6 Å². The van der Waals surface area contributed by atoms with Crippen LogP contribution in [0.3, 0.4) is 0 Å². The minimum Gasteiger partial charge on any atom is -0.329 e. The molecular formula is C10H23N3. The molecule has 0 aromatic carbocycles. The molecule has 0 aliphatic carbocycles. The molecule has 1 fully saturated rings. The standard InChI is InChI=1S/C10H23N3/c1-8(2)13-9(3)6-12(4)7-10(13)5-11/h8-10H,5-7,11H2,1-4H3. The first-order valence-electron chi connectivity index (χ1n) is 5.22. The summed E-state index contributed by atoms with van der Waals surface area (Å²) >= 11 is 0. The van der Waals surface area contributed by atoms with Crippen molar-refractivity contribution in [1.29, 1.82) is 0 Å². The van der Waals surface area contributed by atoms with Gasteiger partial charge in [-0.1, -0.05) is 0 Å². The van der Waals surface area contributed by atoms with Crippen LogP contribution in [0.15, 0.2) is 0 Å². The zero-order valence-corrected chi connectivity index (χ0v) is 9.33. The van der Waals surface area contributed by atoms with Crippen molar-refractivity contribution in [2.45, 2.75) is 38.9 Å². The van der Waals surface area contributed by atoms with E-state index in [-0.39, 0.29) is 0 Å². The van der Waals surface area contributed by atoms with E-state index in [9.17, 15) is 0 Å². The van der Waals surface area contributed by atoms with Crippen LogP contribution in [0.5, 0.6) is 0 Å². The molecule has 0 spiro atoms. The third-order valence-electron chi connectivity index (χ3n) is 2.90. The first-order chi connectivity index (χ1) is 6.06. The van der Waals surface area contributed by atoms with E-state index in [1.165, 1.54) is 0 Å². The molecule has 1 saturated heterocycles. The Bertz CT molecular complexity index is 158. The van der Waals surface area contributed by atoms with Gasteiger partial charge in [-0.3, -0.25) is 4.90 Å². The van der Waals surface area contributed by atoms with E-state index >= 15 is 0 Å². The maximum absolute atomic E-state index is 5.79. The fourth-order valence-corrected chi connectivity index (χ4v) is 2.56. The monoisotopic (exact) mass is 185 g/mol. The summed E-state index contributed by atoms with van der Waals surface area (Å²) in [5.74, 6) is 0. The first kappa shape index (κ1) is 11.0. The highest BCUT2D eigenvalue weighted by Gasteiger charge is 2.30. The second kappa shape index (κ2) is 4.40. The molecule has 13 heavy (non-hydrogen) atoms. The molecule has 2 N–H and O–H groups in total. The lowest BCUT2D eigenvalue weighted by atomic mass is 10.1. The normalized spacial score (nSPS) is 32.8. The smallest absolute Gasteiger partial charge is 0.0351 e. The predicted molar refractivity (Wildman–Crippen MR) is 56.8 cm³/mol. The van der Waals surface area contributed by atoms with E-state index < -0.39 is 0 Å². The number of hydrogen-bond donors (Lipinski definition) is 1. The molecular weight excluding hydrogens is 162 g/mol. The van der Waals surface area contributed by atoms with Gasteiger partial charge in [0.15, 0.2) is 0 Å². The number of rotatable bonds is 2. The van der Waals surface area contributed by atoms with Crippen LogP contribution in [-0.4, -0.2) is 54.6 Å². The molecule has 1 aliphatic rings. The minimum atomic E-state index is 0.536. The molecule has 0 radical (unpaired) electrons. The Morgan fingerprint density at radius 3 is 2.46 bits per heavy atom. The summed E-state index contributed by atoms with van der Waals surface area (Å²) in [6.45, 7) is 9.84. The summed E-state index contributed by atoms with van der Waals surface area (Å²) in [7, 11) is 2.18. The number of nitrogens with zero attached hydrogens (tertiary/aromatic N) is 2. The summed E-state index contributed by atoms with van der Waals surface area (Å²) in [6.07, 6.45) is 0. The van der Waals surface area contributed by atoms with E-state index in [0.717, 1.165) is 19.6 Å².